The van der Waals surface area contributed by atoms with Crippen LogP contribution < -0.4 is 41.4 Å². The zero-order valence-electron chi connectivity index (χ0n) is 68.4. The molecule has 0 unspecified atom stereocenters. The Labute approximate surface area is 746 Å². The second-order valence-corrected chi connectivity index (χ2v) is 39.4. The smallest absolute Gasteiger partial charge is 0.326 e. The molecule has 2 aliphatic rings. The SMILES string of the molecule is [B]C(=O)N1[C@H](Cc2cccs2)[C@H]1CN(CC(C)C)S(=O)(=O)c1ccc(OC)cc1.[B]C(=O)N[C@H](Cc1cccs1)C(=O)O.[B]C(=O)N[C@H](Cc1cccs1)[C@@H](O)CCl.[B]C(=O)N[C@H](Cc1cccs1)[C@@H](O)CN(CC(C)C)S(=O)(=O)c1ccc(OC)cc1.[B]C(=O)N[C@H](Cc1cccs1)[C@@H](O)CNCC(C)C.[B]C(=O)N[C@H](Cc1cccs1)[C@@H]1CO1. The third kappa shape index (κ3) is 39.3. The molecule has 2 aliphatic heterocycles. The Kier molecular flexibility index (Phi) is 46.5. The van der Waals surface area contributed by atoms with Crippen LogP contribution in [0.15, 0.2) is 163 Å². The third-order valence-electron chi connectivity index (χ3n) is 17.8. The highest BCUT2D eigenvalue weighted by molar-refractivity contribution is 7.89. The molecule has 0 aliphatic carbocycles. The Bertz CT molecular complexity index is 4560. The van der Waals surface area contributed by atoms with Crippen molar-refractivity contribution in [3.8, 4) is 11.5 Å². The average Bonchev–Trinajstić information content (AvgIpc) is 1.73. The number of aliphatic hydroxyl groups is 3. The van der Waals surface area contributed by atoms with Crippen LogP contribution in [0.4, 0.5) is 28.8 Å². The molecule has 121 heavy (non-hydrogen) atoms. The standard InChI is InChI=1S/C20H27BN2O5S2.C20H25BN2O4S2.C13H21BN2O2S.C9H11BClNO2S.C9H10BNO2S.C8H8BNO3S/c1-14(2)12-23(30(26,27)17-8-6-15(28-3)7-9-17)13-19(24)18(22-20(21)25)11-16-5-4-10-29-16;1-14(2)12-22(29(25,26)17-8-6-15(27-3)7-9-17)13-19-18(23(19)20(21)24)11-16-5-4-10-28-16;1-9(2)7-15-8-12(17)11(16-13(14)18)6-10-4-3-5-19-10;10-9(14)12-7(8(13)5-11)4-6-2-1-3-15-6;10-9(12)11-7(8-5-13-8)4-6-2-1-3-14-6;9-8(13)10-6(7(11)12)4-5-2-1-3-14-5/h4-10,14,18-19,24H,11-13H2,1-3H3,(H,22,25);4-10,14,18-19H,11-13H2,1-3H3;3-5,9,11-12,15,17H,6-8H2,1-2H3,(H,16,18);1-3,7-8,13H,4-5H2,(H,12,14);1-3,7-8H,4-5H2,(H,11,12);1-3,6H,4H2,(H,10,13)(H,11,12)/t18-,19+;18-,19-,23?;11-,12+;2*7-,8+;6-/m111111/s1. The number of carbonyl (C=O) groups is 7. The minimum absolute atomic E-state index is 0.0196. The number of nitrogens with one attached hydrogen (secondary N) is 6. The molecule has 2 saturated heterocycles. The number of carboxylic acid groups (broad SMARTS) is 1. The average molecular weight is 1820 g/mol. The Morgan fingerprint density at radius 3 is 1.18 bits per heavy atom. The Balaban J connectivity index is 0.000000266. The molecule has 8 aromatic rings. The summed E-state index contributed by atoms with van der Waals surface area (Å²) in [6, 6.07) is 32.9. The molecule has 0 bridgehead atoms. The molecule has 27 nitrogen and oxygen atoms in total. The van der Waals surface area contributed by atoms with E-state index >= 15 is 0 Å². The lowest BCUT2D eigenvalue weighted by molar-refractivity contribution is -0.139. The van der Waals surface area contributed by atoms with Gasteiger partial charge in [0.05, 0.1) is 91.1 Å². The van der Waals surface area contributed by atoms with Crippen LogP contribution in [0, 0.1) is 17.8 Å². The summed E-state index contributed by atoms with van der Waals surface area (Å²) >= 11 is 14.9. The maximum Gasteiger partial charge on any atom is 0.326 e. The van der Waals surface area contributed by atoms with Crippen LogP contribution in [0.1, 0.15) is 70.8 Å². The van der Waals surface area contributed by atoms with Gasteiger partial charge in [-0.1, -0.05) is 77.9 Å². The molecule has 0 saturated carbocycles. The van der Waals surface area contributed by atoms with Gasteiger partial charge in [0, 0.05) is 101 Å². The van der Waals surface area contributed by atoms with Crippen LogP contribution in [-0.2, 0) is 68.1 Å². The second-order valence-electron chi connectivity index (χ2n) is 29.0. The number of benzene rings is 2. The van der Waals surface area contributed by atoms with Crippen molar-refractivity contribution in [3.63, 3.8) is 0 Å². The molecule has 10 N–H and O–H groups in total. The first-order chi connectivity index (χ1) is 57.3. The summed E-state index contributed by atoms with van der Waals surface area (Å²) in [6.45, 7) is 14.6. The molecule has 8 heterocycles. The van der Waals surface area contributed by atoms with E-state index in [0.717, 1.165) is 44.0 Å². The van der Waals surface area contributed by atoms with Crippen molar-refractivity contribution in [1.82, 2.24) is 45.4 Å². The van der Waals surface area contributed by atoms with E-state index < -0.39 is 97.3 Å². The number of aliphatic carboxylic acids is 1. The molecule has 6 aromatic heterocycles. The van der Waals surface area contributed by atoms with Gasteiger partial charge in [-0.3, -0.25) is 28.8 Å². The van der Waals surface area contributed by atoms with Gasteiger partial charge in [0.1, 0.15) is 23.6 Å². The van der Waals surface area contributed by atoms with Crippen molar-refractivity contribution in [3.05, 3.63) is 183 Å². The highest BCUT2D eigenvalue weighted by Crippen LogP contribution is 2.35. The highest BCUT2D eigenvalue weighted by atomic mass is 35.5. The van der Waals surface area contributed by atoms with Crippen molar-refractivity contribution in [1.29, 1.82) is 0 Å². The fraction of sp³-hybridized carbons (Fsp3) is 0.456. The summed E-state index contributed by atoms with van der Waals surface area (Å²) in [5.74, 6) is -3.04. The fourth-order valence-electron chi connectivity index (χ4n) is 11.9. The Morgan fingerprint density at radius 1 is 0.479 bits per heavy atom. The lowest BCUT2D eigenvalue weighted by Gasteiger charge is -2.30. The van der Waals surface area contributed by atoms with Crippen molar-refractivity contribution in [2.24, 2.45) is 17.8 Å². The first kappa shape index (κ1) is 104. The van der Waals surface area contributed by atoms with Gasteiger partial charge in [-0.25, -0.2) is 21.6 Å². The maximum absolute atomic E-state index is 13.3. The van der Waals surface area contributed by atoms with E-state index in [0.29, 0.717) is 56.2 Å². The van der Waals surface area contributed by atoms with Gasteiger partial charge in [-0.15, -0.1) is 79.6 Å². The molecule has 0 spiro atoms. The van der Waals surface area contributed by atoms with Crippen molar-refractivity contribution < 1.29 is 85.0 Å². The number of epoxide rings is 1. The number of amides is 6. The molecule has 11 atom stereocenters. The molecule has 6 amide bonds. The normalized spacial score (nSPS) is 15.9. The molecule has 10 rings (SSSR count). The zero-order chi connectivity index (χ0) is 89.5. The summed E-state index contributed by atoms with van der Waals surface area (Å²) < 4.78 is 71.1. The first-order valence-electron chi connectivity index (χ1n) is 38.3. The summed E-state index contributed by atoms with van der Waals surface area (Å²) in [5.41, 5.74) is 0. The number of sulfonamides is 2. The molecule has 644 valence electrons. The number of rotatable bonds is 41. The number of hydrogen-bond donors (Lipinski definition) is 10. The second kappa shape index (κ2) is 53.9. The van der Waals surface area contributed by atoms with Gasteiger partial charge in [0.15, 0.2) is 34.8 Å². The largest absolute Gasteiger partial charge is 0.497 e. The van der Waals surface area contributed by atoms with Gasteiger partial charge in [-0.2, -0.15) is 8.61 Å². The Morgan fingerprint density at radius 2 is 0.843 bits per heavy atom. The number of hydrogen-bond acceptors (Lipinski definition) is 24. The lowest BCUT2D eigenvalue weighted by atomic mass is 10.0. The summed E-state index contributed by atoms with van der Waals surface area (Å²) in [5, 5.41) is 66.6. The van der Waals surface area contributed by atoms with E-state index in [4.69, 9.17) is 78.0 Å². The lowest BCUT2D eigenvalue weighted by Crippen LogP contribution is -2.50. The van der Waals surface area contributed by atoms with E-state index in [-0.39, 0.29) is 83.8 Å². The fourth-order valence-corrected chi connectivity index (χ4v) is 20.0. The number of carbonyl (C=O) groups excluding carboxylic acids is 6. The molecule has 42 heteroatoms. The predicted molar refractivity (Wildman–Crippen MR) is 486 cm³/mol. The number of thiophene rings is 6. The van der Waals surface area contributed by atoms with Gasteiger partial charge in [-0.05, 0) is 142 Å². The summed E-state index contributed by atoms with van der Waals surface area (Å²) in [7, 11) is 26.4. The van der Waals surface area contributed by atoms with Crippen LogP contribution in [0.3, 0.4) is 0 Å². The van der Waals surface area contributed by atoms with Crippen LogP contribution in [0.5, 0.6) is 11.5 Å². The van der Waals surface area contributed by atoms with Crippen LogP contribution in [0.25, 0.3) is 0 Å². The monoisotopic (exact) mass is 1820 g/mol. The summed E-state index contributed by atoms with van der Waals surface area (Å²) in [4.78, 5) is 85.3. The van der Waals surface area contributed by atoms with Crippen molar-refractivity contribution in [2.75, 3.05) is 66.0 Å². The van der Waals surface area contributed by atoms with Gasteiger partial charge in [0.2, 0.25) is 67.1 Å². The third-order valence-corrected chi connectivity index (χ3v) is 27.2. The molecule has 12 radical (unpaired) electrons. The van der Waals surface area contributed by atoms with E-state index in [9.17, 15) is 65.7 Å². The number of aliphatic hydroxyl groups excluding tert-OH is 3. The quantitative estimate of drug-likeness (QED) is 0.00969. The van der Waals surface area contributed by atoms with Crippen LogP contribution in [-0.4, -0.2) is 271 Å². The molecule has 2 aromatic carbocycles. The molecule has 2 fully saturated rings. The predicted octanol–water partition coefficient (Wildman–Crippen LogP) is 9.08. The van der Waals surface area contributed by atoms with E-state index in [2.05, 4.69) is 45.7 Å². The number of nitrogens with zero attached hydrogens (tertiary/aromatic N) is 3. The van der Waals surface area contributed by atoms with Gasteiger partial charge in [0.25, 0.3) is 0 Å². The minimum atomic E-state index is -3.86. The van der Waals surface area contributed by atoms with Crippen LogP contribution in [0.2, 0.25) is 0 Å². The first-order valence-corrected chi connectivity index (χ1v) is 47.0. The molecular formula is C79H102B6ClN9O18S8. The van der Waals surface area contributed by atoms with Crippen molar-refractivity contribution in [2.45, 2.75) is 157 Å². The highest BCUT2D eigenvalue weighted by Gasteiger charge is 2.51. The zero-order valence-corrected chi connectivity index (χ0v) is 75.7. The number of ether oxygens (including phenoxy) is 3. The van der Waals surface area contributed by atoms with Crippen molar-refractivity contribution >= 4 is 188 Å². The molecular weight excluding hydrogens is 1720 g/mol. The Hall–Kier alpha value is -7.17. The van der Waals surface area contributed by atoms with Gasteiger partial charge >= 0.3 is 5.97 Å². The topological polar surface area (TPSA) is 381 Å². The van der Waals surface area contributed by atoms with E-state index in [1.165, 1.54) is 62.5 Å². The van der Waals surface area contributed by atoms with Crippen LogP contribution >= 0.6 is 79.6 Å². The maximum atomic E-state index is 13.3. The van der Waals surface area contributed by atoms with Gasteiger partial charge < -0.3 is 71.4 Å². The number of halogens is 1. The van der Waals surface area contributed by atoms with E-state index in [1.807, 2.05) is 133 Å². The van der Waals surface area contributed by atoms with E-state index in [1.54, 1.807) is 86.6 Å². The summed E-state index contributed by atoms with van der Waals surface area (Å²) in [6.07, 6.45) is 0.759. The minimum Gasteiger partial charge on any atom is -0.497 e. The number of alkyl halides is 1. The number of carboxylic acids is 1. The number of methoxy groups -OCH3 is 2.